The molecule has 0 bridgehead atoms. The molecule has 0 saturated heterocycles. The summed E-state index contributed by atoms with van der Waals surface area (Å²) in [6.45, 7) is 2.06. The highest BCUT2D eigenvalue weighted by atomic mass is 16.5. The van der Waals surface area contributed by atoms with E-state index < -0.39 is 0 Å². The summed E-state index contributed by atoms with van der Waals surface area (Å²) in [6, 6.07) is 9.77. The van der Waals surface area contributed by atoms with Crippen molar-refractivity contribution in [3.8, 4) is 0 Å². The van der Waals surface area contributed by atoms with Crippen LogP contribution in [0.1, 0.15) is 12.6 Å². The summed E-state index contributed by atoms with van der Waals surface area (Å²) in [7, 11) is 0. The molecule has 0 aliphatic rings. The van der Waals surface area contributed by atoms with Crippen LogP contribution in [0, 0.1) is 0 Å². The van der Waals surface area contributed by atoms with Gasteiger partial charge in [0.1, 0.15) is 5.82 Å². The Bertz CT molecular complexity index is 924. The molecule has 4 aromatic rings. The number of pyridine rings is 1. The molecule has 0 amide bonds. The lowest BCUT2D eigenvalue weighted by molar-refractivity contribution is 0.447. The van der Waals surface area contributed by atoms with Crippen LogP contribution in [0.3, 0.4) is 0 Å². The maximum absolute atomic E-state index is 5.29. The van der Waals surface area contributed by atoms with Gasteiger partial charge in [-0.2, -0.15) is 5.10 Å². The SMILES string of the molecule is CCc1noc2ccc(Nc3[nH]nc4ncccc34)cc12. The smallest absolute Gasteiger partial charge is 0.183 e. The first-order chi connectivity index (χ1) is 10.3. The fraction of sp³-hybridized carbons (Fsp3) is 0.133. The summed E-state index contributed by atoms with van der Waals surface area (Å²) in [5, 5.41) is 16.5. The van der Waals surface area contributed by atoms with E-state index in [1.54, 1.807) is 6.20 Å². The molecule has 6 nitrogen and oxygen atoms in total. The predicted octanol–water partition coefficient (Wildman–Crippen LogP) is 3.41. The zero-order valence-corrected chi connectivity index (χ0v) is 11.4. The second-order valence-corrected chi connectivity index (χ2v) is 4.79. The minimum atomic E-state index is 0.695. The average Bonchev–Trinajstić information content (AvgIpc) is 3.11. The number of anilines is 2. The first kappa shape index (κ1) is 11.9. The number of nitrogens with one attached hydrogen (secondary N) is 2. The molecule has 0 unspecified atom stereocenters. The summed E-state index contributed by atoms with van der Waals surface area (Å²) < 4.78 is 5.29. The van der Waals surface area contributed by atoms with Crippen molar-refractivity contribution >= 4 is 33.5 Å². The zero-order chi connectivity index (χ0) is 14.2. The van der Waals surface area contributed by atoms with Gasteiger partial charge in [-0.1, -0.05) is 12.1 Å². The van der Waals surface area contributed by atoms with Crippen LogP contribution in [0.5, 0.6) is 0 Å². The van der Waals surface area contributed by atoms with Gasteiger partial charge in [0.2, 0.25) is 0 Å². The highest BCUT2D eigenvalue weighted by Gasteiger charge is 2.09. The third kappa shape index (κ3) is 1.92. The topological polar surface area (TPSA) is 79.6 Å². The van der Waals surface area contributed by atoms with Crippen LogP contribution in [0.25, 0.3) is 22.0 Å². The summed E-state index contributed by atoms with van der Waals surface area (Å²) >= 11 is 0. The molecule has 0 saturated carbocycles. The van der Waals surface area contributed by atoms with Crippen molar-refractivity contribution in [2.45, 2.75) is 13.3 Å². The number of aromatic nitrogens is 4. The lowest BCUT2D eigenvalue weighted by Gasteiger charge is -2.04. The molecule has 0 atom stereocenters. The number of aromatic amines is 1. The number of rotatable bonds is 3. The summed E-state index contributed by atoms with van der Waals surface area (Å²) in [4.78, 5) is 4.21. The van der Waals surface area contributed by atoms with Gasteiger partial charge in [-0.05, 0) is 36.8 Å². The Morgan fingerprint density at radius 3 is 3.10 bits per heavy atom. The van der Waals surface area contributed by atoms with Crippen molar-refractivity contribution in [3.63, 3.8) is 0 Å². The highest BCUT2D eigenvalue weighted by molar-refractivity contribution is 5.90. The zero-order valence-electron chi connectivity index (χ0n) is 11.4. The molecular formula is C15H13N5O. The first-order valence-electron chi connectivity index (χ1n) is 6.79. The van der Waals surface area contributed by atoms with Gasteiger partial charge >= 0.3 is 0 Å². The Kier molecular flexibility index (Phi) is 2.60. The minimum Gasteiger partial charge on any atom is -0.356 e. The van der Waals surface area contributed by atoms with Crippen molar-refractivity contribution in [2.24, 2.45) is 0 Å². The molecular weight excluding hydrogens is 266 g/mol. The third-order valence-corrected chi connectivity index (χ3v) is 3.48. The van der Waals surface area contributed by atoms with Crippen LogP contribution in [-0.2, 0) is 6.42 Å². The van der Waals surface area contributed by atoms with Gasteiger partial charge in [-0.3, -0.25) is 5.10 Å². The molecule has 6 heteroatoms. The van der Waals surface area contributed by atoms with E-state index >= 15 is 0 Å². The lowest BCUT2D eigenvalue weighted by Crippen LogP contribution is -1.91. The van der Waals surface area contributed by atoms with Gasteiger partial charge in [0, 0.05) is 17.3 Å². The molecule has 0 spiro atoms. The maximum atomic E-state index is 5.29. The largest absolute Gasteiger partial charge is 0.356 e. The van der Waals surface area contributed by atoms with Crippen LogP contribution >= 0.6 is 0 Å². The van der Waals surface area contributed by atoms with E-state index in [0.29, 0.717) is 5.65 Å². The van der Waals surface area contributed by atoms with Crippen molar-refractivity contribution in [1.82, 2.24) is 20.3 Å². The molecule has 21 heavy (non-hydrogen) atoms. The number of aryl methyl sites for hydroxylation is 1. The van der Waals surface area contributed by atoms with E-state index in [1.165, 1.54) is 0 Å². The van der Waals surface area contributed by atoms with Crippen molar-refractivity contribution in [3.05, 3.63) is 42.2 Å². The maximum Gasteiger partial charge on any atom is 0.183 e. The lowest BCUT2D eigenvalue weighted by atomic mass is 10.1. The Morgan fingerprint density at radius 2 is 2.19 bits per heavy atom. The molecule has 0 fully saturated rings. The van der Waals surface area contributed by atoms with Crippen LogP contribution < -0.4 is 5.32 Å². The van der Waals surface area contributed by atoms with Gasteiger partial charge in [-0.15, -0.1) is 0 Å². The molecule has 4 rings (SSSR count). The predicted molar refractivity (Wildman–Crippen MR) is 80.6 cm³/mol. The molecule has 3 heterocycles. The monoisotopic (exact) mass is 279 g/mol. The molecule has 2 N–H and O–H groups in total. The quantitative estimate of drug-likeness (QED) is 0.600. The second kappa shape index (κ2) is 4.59. The molecule has 0 aliphatic carbocycles. The fourth-order valence-electron chi connectivity index (χ4n) is 2.41. The van der Waals surface area contributed by atoms with Crippen molar-refractivity contribution < 1.29 is 4.52 Å². The summed E-state index contributed by atoms with van der Waals surface area (Å²) in [6.07, 6.45) is 2.57. The van der Waals surface area contributed by atoms with Gasteiger partial charge in [-0.25, -0.2) is 4.98 Å². The van der Waals surface area contributed by atoms with Crippen LogP contribution in [0.15, 0.2) is 41.1 Å². The van der Waals surface area contributed by atoms with Crippen molar-refractivity contribution in [2.75, 3.05) is 5.32 Å². The van der Waals surface area contributed by atoms with Crippen LogP contribution in [0.4, 0.5) is 11.5 Å². The first-order valence-corrected chi connectivity index (χ1v) is 6.79. The standard InChI is InChI=1S/C15H13N5O/c1-2-12-11-8-9(5-6-13(11)21-20-12)17-15-10-4-3-7-16-14(10)18-19-15/h3-8H,2H2,1H3,(H2,16,17,18,19). The Balaban J connectivity index is 1.76. The number of nitrogens with zero attached hydrogens (tertiary/aromatic N) is 3. The van der Waals surface area contributed by atoms with E-state index in [0.717, 1.165) is 40.0 Å². The summed E-state index contributed by atoms with van der Waals surface area (Å²) in [5.74, 6) is 0.826. The van der Waals surface area contributed by atoms with E-state index in [1.807, 2.05) is 30.3 Å². The van der Waals surface area contributed by atoms with E-state index in [-0.39, 0.29) is 0 Å². The molecule has 104 valence electrons. The minimum absolute atomic E-state index is 0.695. The van der Waals surface area contributed by atoms with Crippen LogP contribution in [0.2, 0.25) is 0 Å². The van der Waals surface area contributed by atoms with E-state index in [9.17, 15) is 0 Å². The number of benzene rings is 1. The Labute approximate surface area is 120 Å². The van der Waals surface area contributed by atoms with Gasteiger partial charge in [0.15, 0.2) is 11.2 Å². The molecule has 1 aromatic carbocycles. The summed E-state index contributed by atoms with van der Waals surface area (Å²) in [5.41, 5.74) is 3.41. The Hall–Kier alpha value is -2.89. The normalized spacial score (nSPS) is 11.3. The van der Waals surface area contributed by atoms with Crippen molar-refractivity contribution in [1.29, 1.82) is 0 Å². The fourth-order valence-corrected chi connectivity index (χ4v) is 2.41. The second-order valence-electron chi connectivity index (χ2n) is 4.79. The molecule has 0 aliphatic heterocycles. The Morgan fingerprint density at radius 1 is 1.24 bits per heavy atom. The van der Waals surface area contributed by atoms with Gasteiger partial charge < -0.3 is 9.84 Å². The number of hydrogen-bond acceptors (Lipinski definition) is 5. The van der Waals surface area contributed by atoms with Gasteiger partial charge in [0.05, 0.1) is 11.1 Å². The van der Waals surface area contributed by atoms with Gasteiger partial charge in [0.25, 0.3) is 0 Å². The number of H-pyrrole nitrogens is 1. The molecule has 3 aromatic heterocycles. The molecule has 0 radical (unpaired) electrons. The average molecular weight is 279 g/mol. The van der Waals surface area contributed by atoms with E-state index in [2.05, 4.69) is 32.6 Å². The third-order valence-electron chi connectivity index (χ3n) is 3.48. The highest BCUT2D eigenvalue weighted by Crippen LogP contribution is 2.27. The number of fused-ring (bicyclic) bond motifs is 2. The van der Waals surface area contributed by atoms with Crippen LogP contribution in [-0.4, -0.2) is 20.3 Å². The number of hydrogen-bond donors (Lipinski definition) is 2. The van der Waals surface area contributed by atoms with E-state index in [4.69, 9.17) is 4.52 Å².